The van der Waals surface area contributed by atoms with Crippen molar-refractivity contribution in [1.29, 1.82) is 0 Å². The van der Waals surface area contributed by atoms with Gasteiger partial charge in [-0.3, -0.25) is 0 Å². The monoisotopic (exact) mass is 241 g/mol. The lowest BCUT2D eigenvalue weighted by Gasteiger charge is -2.25. The van der Waals surface area contributed by atoms with Crippen molar-refractivity contribution in [3.8, 4) is 0 Å². The highest BCUT2D eigenvalue weighted by atomic mass is 19.4. The van der Waals surface area contributed by atoms with Gasteiger partial charge in [0.05, 0.1) is 5.56 Å². The predicted octanol–water partition coefficient (Wildman–Crippen LogP) is 4.16. The second kappa shape index (κ2) is 3.65. The quantitative estimate of drug-likeness (QED) is 0.719. The molecule has 92 valence electrons. The zero-order chi connectivity index (χ0) is 12.0. The molecule has 2 unspecified atom stereocenters. The lowest BCUT2D eigenvalue weighted by Crippen LogP contribution is -2.23. The zero-order valence-corrected chi connectivity index (χ0v) is 9.35. The van der Waals surface area contributed by atoms with E-state index in [1.807, 2.05) is 0 Å². The van der Waals surface area contributed by atoms with Gasteiger partial charge in [0.25, 0.3) is 0 Å². The molecule has 1 fully saturated rings. The van der Waals surface area contributed by atoms with Gasteiger partial charge in [0, 0.05) is 17.6 Å². The van der Waals surface area contributed by atoms with Crippen LogP contribution < -0.4 is 5.32 Å². The molecular formula is C13H14F3N. The number of fused-ring (bicyclic) bond motifs is 3. The minimum absolute atomic E-state index is 0.279. The van der Waals surface area contributed by atoms with Crippen LogP contribution in [-0.2, 0) is 6.18 Å². The van der Waals surface area contributed by atoms with Crippen molar-refractivity contribution >= 4 is 5.69 Å². The van der Waals surface area contributed by atoms with Crippen LogP contribution in [0.4, 0.5) is 18.9 Å². The van der Waals surface area contributed by atoms with Crippen molar-refractivity contribution in [2.24, 2.45) is 0 Å². The van der Waals surface area contributed by atoms with E-state index in [0.29, 0.717) is 6.04 Å². The lowest BCUT2D eigenvalue weighted by atomic mass is 9.82. The van der Waals surface area contributed by atoms with E-state index >= 15 is 0 Å². The van der Waals surface area contributed by atoms with E-state index in [1.165, 1.54) is 18.6 Å². The first kappa shape index (κ1) is 10.9. The fourth-order valence-corrected chi connectivity index (χ4v) is 3.05. The Bertz CT molecular complexity index is 439. The second-order valence-electron chi connectivity index (χ2n) is 4.94. The average molecular weight is 241 g/mol. The molecule has 0 aromatic heterocycles. The van der Waals surface area contributed by atoms with Gasteiger partial charge in [-0.05, 0) is 36.6 Å². The Morgan fingerprint density at radius 2 is 1.88 bits per heavy atom. The van der Waals surface area contributed by atoms with Gasteiger partial charge in [-0.15, -0.1) is 0 Å². The standard InChI is InChI=1S/C13H14F3N/c14-13(15,16)8-5-6-12-10(7-8)9-3-1-2-4-11(9)17-12/h5-7,9,11,17H,1-4H2. The molecule has 1 saturated carbocycles. The molecule has 1 heterocycles. The molecule has 0 bridgehead atoms. The lowest BCUT2D eigenvalue weighted by molar-refractivity contribution is -0.137. The molecule has 2 atom stereocenters. The summed E-state index contributed by atoms with van der Waals surface area (Å²) in [6, 6.07) is 4.43. The molecule has 1 nitrogen and oxygen atoms in total. The van der Waals surface area contributed by atoms with Crippen LogP contribution in [0.3, 0.4) is 0 Å². The number of rotatable bonds is 0. The van der Waals surface area contributed by atoms with Crippen molar-refractivity contribution in [3.05, 3.63) is 29.3 Å². The van der Waals surface area contributed by atoms with Gasteiger partial charge in [0.2, 0.25) is 0 Å². The van der Waals surface area contributed by atoms with Crippen molar-refractivity contribution < 1.29 is 13.2 Å². The van der Waals surface area contributed by atoms with Gasteiger partial charge in [-0.1, -0.05) is 12.8 Å². The molecule has 0 amide bonds. The summed E-state index contributed by atoms with van der Waals surface area (Å²) >= 11 is 0. The Hall–Kier alpha value is -1.19. The normalized spacial score (nSPS) is 27.2. The first-order chi connectivity index (χ1) is 8.05. The smallest absolute Gasteiger partial charge is 0.381 e. The summed E-state index contributed by atoms with van der Waals surface area (Å²) in [4.78, 5) is 0. The minimum Gasteiger partial charge on any atom is -0.381 e. The Morgan fingerprint density at radius 1 is 1.12 bits per heavy atom. The summed E-state index contributed by atoms with van der Waals surface area (Å²) in [5.41, 5.74) is 1.24. The predicted molar refractivity (Wildman–Crippen MR) is 60.1 cm³/mol. The van der Waals surface area contributed by atoms with E-state index in [0.717, 1.165) is 30.5 Å². The van der Waals surface area contributed by atoms with Crippen LogP contribution in [0.5, 0.6) is 0 Å². The Kier molecular flexibility index (Phi) is 2.35. The van der Waals surface area contributed by atoms with Crippen molar-refractivity contribution in [1.82, 2.24) is 0 Å². The second-order valence-corrected chi connectivity index (χ2v) is 4.94. The van der Waals surface area contributed by atoms with Gasteiger partial charge in [0.15, 0.2) is 0 Å². The first-order valence-electron chi connectivity index (χ1n) is 6.03. The molecule has 3 rings (SSSR count). The highest BCUT2D eigenvalue weighted by Gasteiger charge is 2.37. The number of nitrogens with one attached hydrogen (secondary N) is 1. The van der Waals surface area contributed by atoms with E-state index < -0.39 is 11.7 Å². The van der Waals surface area contributed by atoms with Crippen LogP contribution >= 0.6 is 0 Å². The number of halogens is 3. The zero-order valence-electron chi connectivity index (χ0n) is 9.35. The summed E-state index contributed by atoms with van der Waals surface area (Å²) in [7, 11) is 0. The SMILES string of the molecule is FC(F)(F)c1ccc2c(c1)C1CCCCC1N2. The van der Waals surface area contributed by atoms with Crippen LogP contribution in [0.2, 0.25) is 0 Å². The summed E-state index contributed by atoms with van der Waals surface area (Å²) in [5.74, 6) is 0.279. The van der Waals surface area contributed by atoms with Crippen molar-refractivity contribution in [3.63, 3.8) is 0 Å². The molecule has 1 aromatic rings. The molecular weight excluding hydrogens is 227 g/mol. The Balaban J connectivity index is 1.99. The fourth-order valence-electron chi connectivity index (χ4n) is 3.05. The summed E-state index contributed by atoms with van der Waals surface area (Å²) in [5, 5.41) is 3.35. The van der Waals surface area contributed by atoms with E-state index in [1.54, 1.807) is 6.07 Å². The molecule has 1 aliphatic carbocycles. The average Bonchev–Trinajstić information content (AvgIpc) is 2.65. The molecule has 4 heteroatoms. The fraction of sp³-hybridized carbons (Fsp3) is 0.538. The molecule has 0 spiro atoms. The van der Waals surface area contributed by atoms with Gasteiger partial charge in [-0.25, -0.2) is 0 Å². The molecule has 17 heavy (non-hydrogen) atoms. The van der Waals surface area contributed by atoms with Gasteiger partial charge in [0.1, 0.15) is 0 Å². The topological polar surface area (TPSA) is 12.0 Å². The number of anilines is 1. The maximum atomic E-state index is 12.7. The van der Waals surface area contributed by atoms with E-state index in [9.17, 15) is 13.2 Å². The first-order valence-corrected chi connectivity index (χ1v) is 6.03. The van der Waals surface area contributed by atoms with Crippen LogP contribution in [-0.4, -0.2) is 6.04 Å². The van der Waals surface area contributed by atoms with E-state index in [4.69, 9.17) is 0 Å². The third-order valence-electron chi connectivity index (χ3n) is 3.89. The molecule has 2 aliphatic rings. The van der Waals surface area contributed by atoms with Crippen molar-refractivity contribution in [2.75, 3.05) is 5.32 Å². The minimum atomic E-state index is -4.23. The maximum absolute atomic E-state index is 12.7. The largest absolute Gasteiger partial charge is 0.416 e. The van der Waals surface area contributed by atoms with Crippen molar-refractivity contribution in [2.45, 2.75) is 43.8 Å². The number of alkyl halides is 3. The summed E-state index contributed by atoms with van der Waals surface area (Å²) in [6.45, 7) is 0. The molecule has 1 N–H and O–H groups in total. The van der Waals surface area contributed by atoms with Gasteiger partial charge >= 0.3 is 6.18 Å². The van der Waals surface area contributed by atoms with E-state index in [2.05, 4.69) is 5.32 Å². The van der Waals surface area contributed by atoms with Gasteiger partial charge < -0.3 is 5.32 Å². The molecule has 0 saturated heterocycles. The highest BCUT2D eigenvalue weighted by Crippen LogP contribution is 2.45. The van der Waals surface area contributed by atoms with Crippen LogP contribution in [0, 0.1) is 0 Å². The van der Waals surface area contributed by atoms with Crippen LogP contribution in [0.15, 0.2) is 18.2 Å². The van der Waals surface area contributed by atoms with Crippen LogP contribution in [0.25, 0.3) is 0 Å². The third-order valence-corrected chi connectivity index (χ3v) is 3.89. The van der Waals surface area contributed by atoms with Gasteiger partial charge in [-0.2, -0.15) is 13.2 Å². The van der Waals surface area contributed by atoms with Crippen LogP contribution in [0.1, 0.15) is 42.7 Å². The molecule has 1 aromatic carbocycles. The number of hydrogen-bond donors (Lipinski definition) is 1. The molecule has 0 radical (unpaired) electrons. The Labute approximate surface area is 98.0 Å². The molecule has 1 aliphatic heterocycles. The maximum Gasteiger partial charge on any atom is 0.416 e. The number of benzene rings is 1. The van der Waals surface area contributed by atoms with E-state index in [-0.39, 0.29) is 5.92 Å². The number of hydrogen-bond acceptors (Lipinski definition) is 1. The summed E-state index contributed by atoms with van der Waals surface area (Å²) < 4.78 is 38.0. The third kappa shape index (κ3) is 1.79. The summed E-state index contributed by atoms with van der Waals surface area (Å²) in [6.07, 6.45) is 0.140. The Morgan fingerprint density at radius 3 is 2.65 bits per heavy atom. The highest BCUT2D eigenvalue weighted by molar-refractivity contribution is 5.61.